The molecule has 23 heavy (non-hydrogen) atoms. The maximum Gasteiger partial charge on any atom is 0.240 e. The number of hydrogen-bond donors (Lipinski definition) is 1. The van der Waals surface area contributed by atoms with Crippen molar-refractivity contribution < 1.29 is 13.2 Å². The molecule has 120 valence electrons. The van der Waals surface area contributed by atoms with Crippen LogP contribution in [0.2, 0.25) is 0 Å². The van der Waals surface area contributed by atoms with E-state index < -0.39 is 10.0 Å². The van der Waals surface area contributed by atoms with Gasteiger partial charge in [-0.25, -0.2) is 13.1 Å². The topological polar surface area (TPSA) is 76.1 Å². The Balaban J connectivity index is 1.70. The molecule has 0 amide bonds. The van der Waals surface area contributed by atoms with Crippen LogP contribution in [0.3, 0.4) is 0 Å². The lowest BCUT2D eigenvalue weighted by molar-refractivity contribution is 0.101. The van der Waals surface area contributed by atoms with Gasteiger partial charge in [0, 0.05) is 29.9 Å². The van der Waals surface area contributed by atoms with E-state index in [0.29, 0.717) is 11.5 Å². The number of nitrogens with one attached hydrogen (secondary N) is 1. The molecular weight excluding hydrogens is 312 g/mol. The Kier molecular flexibility index (Phi) is 4.28. The highest BCUT2D eigenvalue weighted by atomic mass is 32.2. The fraction of sp³-hybridized carbons (Fsp3) is 0.294. The molecule has 0 unspecified atom stereocenters. The number of nitrogens with zero attached hydrogens (tertiary/aromatic N) is 1. The molecule has 1 fully saturated rings. The summed E-state index contributed by atoms with van der Waals surface area (Å²) < 4.78 is 27.2. The van der Waals surface area contributed by atoms with Crippen molar-refractivity contribution in [3.8, 4) is 0 Å². The molecule has 1 aromatic carbocycles. The van der Waals surface area contributed by atoms with Crippen LogP contribution in [0.1, 0.15) is 47.3 Å². The van der Waals surface area contributed by atoms with Gasteiger partial charge in [0.25, 0.3) is 0 Å². The van der Waals surface area contributed by atoms with Gasteiger partial charge in [0.15, 0.2) is 5.78 Å². The first-order chi connectivity index (χ1) is 11.0. The number of hydrogen-bond acceptors (Lipinski definition) is 4. The molecular formula is C17H18N2O3S. The van der Waals surface area contributed by atoms with Gasteiger partial charge in [0.05, 0.1) is 4.90 Å². The summed E-state index contributed by atoms with van der Waals surface area (Å²) >= 11 is 0. The lowest BCUT2D eigenvalue weighted by Gasteiger charge is -2.08. The Morgan fingerprint density at radius 3 is 2.65 bits per heavy atom. The minimum Gasteiger partial charge on any atom is -0.295 e. The predicted octanol–water partition coefficient (Wildman–Crippen LogP) is 2.64. The van der Waals surface area contributed by atoms with Crippen LogP contribution >= 0.6 is 0 Å². The molecule has 1 saturated carbocycles. The molecule has 0 radical (unpaired) electrons. The van der Waals surface area contributed by atoms with Gasteiger partial charge >= 0.3 is 0 Å². The summed E-state index contributed by atoms with van der Waals surface area (Å²) in [5.41, 5.74) is 2.26. The van der Waals surface area contributed by atoms with E-state index in [0.717, 1.165) is 11.3 Å². The van der Waals surface area contributed by atoms with E-state index in [2.05, 4.69) is 9.71 Å². The highest BCUT2D eigenvalue weighted by Crippen LogP contribution is 2.38. The van der Waals surface area contributed by atoms with Crippen LogP contribution in [-0.4, -0.2) is 19.2 Å². The van der Waals surface area contributed by atoms with Crippen molar-refractivity contribution in [1.29, 1.82) is 0 Å². The van der Waals surface area contributed by atoms with Crippen molar-refractivity contribution >= 4 is 15.8 Å². The number of aromatic nitrogens is 1. The Morgan fingerprint density at radius 2 is 2.04 bits per heavy atom. The SMILES string of the molecule is CC(=O)c1cccc(S(=O)(=O)NCc2ccc(C3CC3)nc2)c1. The molecule has 0 spiro atoms. The second-order valence-electron chi connectivity index (χ2n) is 5.77. The summed E-state index contributed by atoms with van der Waals surface area (Å²) in [4.78, 5) is 15.8. The van der Waals surface area contributed by atoms with E-state index in [9.17, 15) is 13.2 Å². The summed E-state index contributed by atoms with van der Waals surface area (Å²) in [6.45, 7) is 1.58. The van der Waals surface area contributed by atoms with Crippen LogP contribution in [0.15, 0.2) is 47.5 Å². The maximum absolute atomic E-state index is 12.3. The lowest BCUT2D eigenvalue weighted by Crippen LogP contribution is -2.23. The highest BCUT2D eigenvalue weighted by Gasteiger charge is 2.24. The van der Waals surface area contributed by atoms with Gasteiger partial charge in [-0.15, -0.1) is 0 Å². The van der Waals surface area contributed by atoms with Gasteiger partial charge < -0.3 is 0 Å². The number of Topliss-reactive ketones (excluding diaryl/α,β-unsaturated/α-hetero) is 1. The zero-order valence-corrected chi connectivity index (χ0v) is 13.6. The summed E-state index contributed by atoms with van der Waals surface area (Å²) in [5, 5.41) is 0. The Morgan fingerprint density at radius 1 is 1.26 bits per heavy atom. The van der Waals surface area contributed by atoms with Crippen LogP contribution in [0.4, 0.5) is 0 Å². The average Bonchev–Trinajstić information content (AvgIpc) is 3.38. The molecule has 0 atom stereocenters. The molecule has 6 heteroatoms. The number of benzene rings is 1. The number of sulfonamides is 1. The molecule has 1 aliphatic rings. The Bertz CT molecular complexity index is 825. The molecule has 2 aromatic rings. The summed E-state index contributed by atoms with van der Waals surface area (Å²) in [5.74, 6) is 0.414. The van der Waals surface area contributed by atoms with Crippen molar-refractivity contribution in [3.05, 3.63) is 59.4 Å². The summed E-state index contributed by atoms with van der Waals surface area (Å²) in [7, 11) is -3.66. The first-order valence-corrected chi connectivity index (χ1v) is 8.99. The number of rotatable bonds is 6. The Hall–Kier alpha value is -2.05. The van der Waals surface area contributed by atoms with Gasteiger partial charge in [-0.05, 0) is 43.5 Å². The van der Waals surface area contributed by atoms with Crippen LogP contribution in [0, 0.1) is 0 Å². The second kappa shape index (κ2) is 6.22. The smallest absolute Gasteiger partial charge is 0.240 e. The van der Waals surface area contributed by atoms with Crippen molar-refractivity contribution in [2.75, 3.05) is 0 Å². The number of ketones is 1. The molecule has 0 saturated heterocycles. The highest BCUT2D eigenvalue weighted by molar-refractivity contribution is 7.89. The number of carbonyl (C=O) groups is 1. The van der Waals surface area contributed by atoms with Crippen LogP contribution in [0.25, 0.3) is 0 Å². The van der Waals surface area contributed by atoms with Crippen molar-refractivity contribution in [2.24, 2.45) is 0 Å². The lowest BCUT2D eigenvalue weighted by atomic mass is 10.2. The van der Waals surface area contributed by atoms with Crippen molar-refractivity contribution in [2.45, 2.75) is 37.1 Å². The third-order valence-electron chi connectivity index (χ3n) is 3.86. The van der Waals surface area contributed by atoms with Gasteiger partial charge in [0.1, 0.15) is 0 Å². The van der Waals surface area contributed by atoms with Crippen LogP contribution < -0.4 is 4.72 Å². The molecule has 1 aliphatic carbocycles. The molecule has 1 aromatic heterocycles. The zero-order chi connectivity index (χ0) is 16.4. The van der Waals surface area contributed by atoms with E-state index in [4.69, 9.17) is 0 Å². The number of pyridine rings is 1. The zero-order valence-electron chi connectivity index (χ0n) is 12.8. The molecule has 1 heterocycles. The fourth-order valence-corrected chi connectivity index (χ4v) is 3.37. The minimum atomic E-state index is -3.66. The third kappa shape index (κ3) is 3.83. The first kappa shape index (κ1) is 15.8. The molecule has 0 aliphatic heterocycles. The standard InChI is InChI=1S/C17H18N2O3S/c1-12(20)15-3-2-4-16(9-15)23(21,22)19-11-13-5-8-17(18-10-13)14-6-7-14/h2-5,8-10,14,19H,6-7,11H2,1H3. The molecule has 3 rings (SSSR count). The second-order valence-corrected chi connectivity index (χ2v) is 7.54. The molecule has 0 bridgehead atoms. The van der Waals surface area contributed by atoms with E-state index in [1.165, 1.54) is 31.9 Å². The van der Waals surface area contributed by atoms with E-state index in [1.807, 2.05) is 12.1 Å². The number of carbonyl (C=O) groups excluding carboxylic acids is 1. The largest absolute Gasteiger partial charge is 0.295 e. The normalized spacial score (nSPS) is 14.7. The molecule has 1 N–H and O–H groups in total. The first-order valence-electron chi connectivity index (χ1n) is 7.51. The fourth-order valence-electron chi connectivity index (χ4n) is 2.31. The van der Waals surface area contributed by atoms with E-state index in [-0.39, 0.29) is 17.2 Å². The quantitative estimate of drug-likeness (QED) is 0.826. The van der Waals surface area contributed by atoms with Crippen LogP contribution in [0.5, 0.6) is 0 Å². The van der Waals surface area contributed by atoms with Gasteiger partial charge in [-0.1, -0.05) is 18.2 Å². The monoisotopic (exact) mass is 330 g/mol. The van der Waals surface area contributed by atoms with E-state index >= 15 is 0 Å². The van der Waals surface area contributed by atoms with Gasteiger partial charge in [-0.3, -0.25) is 9.78 Å². The van der Waals surface area contributed by atoms with Crippen molar-refractivity contribution in [3.63, 3.8) is 0 Å². The van der Waals surface area contributed by atoms with Gasteiger partial charge in [0.2, 0.25) is 10.0 Å². The Labute approximate surface area is 135 Å². The summed E-state index contributed by atoms with van der Waals surface area (Å²) in [6.07, 6.45) is 4.08. The van der Waals surface area contributed by atoms with Crippen LogP contribution in [-0.2, 0) is 16.6 Å². The average molecular weight is 330 g/mol. The van der Waals surface area contributed by atoms with Gasteiger partial charge in [-0.2, -0.15) is 0 Å². The predicted molar refractivity (Wildman–Crippen MR) is 86.7 cm³/mol. The third-order valence-corrected chi connectivity index (χ3v) is 5.26. The maximum atomic E-state index is 12.3. The summed E-state index contributed by atoms with van der Waals surface area (Å²) in [6, 6.07) is 9.88. The molecule has 5 nitrogen and oxygen atoms in total. The minimum absolute atomic E-state index is 0.0905. The van der Waals surface area contributed by atoms with Crippen molar-refractivity contribution in [1.82, 2.24) is 9.71 Å². The van der Waals surface area contributed by atoms with E-state index in [1.54, 1.807) is 18.3 Å².